The smallest absolute Gasteiger partial charge is 0.397 e. The lowest BCUT2D eigenvalue weighted by molar-refractivity contribution is -0.182. The first-order valence-corrected chi connectivity index (χ1v) is 13.9. The van der Waals surface area contributed by atoms with Crippen LogP contribution in [-0.4, -0.2) is 79.5 Å². The van der Waals surface area contributed by atoms with Crippen molar-refractivity contribution in [3.8, 4) is 11.5 Å². The largest absolute Gasteiger partial charge is 0.497 e. The Kier molecular flexibility index (Phi) is 12.2. The molecule has 0 aromatic heterocycles. The molecule has 5 atom stereocenters. The molecule has 1 aliphatic rings. The summed E-state index contributed by atoms with van der Waals surface area (Å²) in [6.45, 7) is 4.00. The predicted octanol–water partition coefficient (Wildman–Crippen LogP) is 5.64. The van der Waals surface area contributed by atoms with Crippen LogP contribution in [0.3, 0.4) is 0 Å². The molecular formula is C32H37F3O10. The van der Waals surface area contributed by atoms with E-state index in [4.69, 9.17) is 28.4 Å². The van der Waals surface area contributed by atoms with Crippen LogP contribution in [-0.2, 0) is 18.9 Å². The molecular weight excluding hydrogens is 601 g/mol. The van der Waals surface area contributed by atoms with Gasteiger partial charge in [-0.1, -0.05) is 36.4 Å². The Balaban J connectivity index is 1.97. The van der Waals surface area contributed by atoms with Crippen molar-refractivity contribution >= 4 is 18.0 Å². The predicted molar refractivity (Wildman–Crippen MR) is 156 cm³/mol. The molecule has 4 unspecified atom stereocenters. The molecule has 1 aliphatic heterocycles. The summed E-state index contributed by atoms with van der Waals surface area (Å²) in [5.41, 5.74) is 0.247. The maximum atomic E-state index is 13.6. The fraction of sp³-hybridized carbons (Fsp3) is 0.438. The molecule has 2 aromatic rings. The summed E-state index contributed by atoms with van der Waals surface area (Å²) < 4.78 is 74.3. The van der Waals surface area contributed by atoms with Crippen molar-refractivity contribution in [1.29, 1.82) is 0 Å². The standard InChI is InChI=1S/C32H37F3O10/c1-19(36)23(32(33,34)35)14-15-24(43-30(39)20-10-7-6-8-11-20)28-25(44-31(2,3)45-28)13-9-12-21-16-22(41-5)17-26(42-18-40-4)27(21)29(37)38/h6-12,14-17,19,23-25,28,36H,13,18H2,1-5H3,(H,37,38)/t19?,23?,24?,25-,28?/m0/s1. The average molecular weight is 639 g/mol. The van der Waals surface area contributed by atoms with Gasteiger partial charge in [0.15, 0.2) is 12.6 Å². The fourth-order valence-electron chi connectivity index (χ4n) is 4.73. The Morgan fingerprint density at radius 1 is 1.09 bits per heavy atom. The number of carbonyl (C=O) groups is 2. The van der Waals surface area contributed by atoms with Crippen LogP contribution >= 0.6 is 0 Å². The van der Waals surface area contributed by atoms with Crippen LogP contribution in [0.5, 0.6) is 11.5 Å². The van der Waals surface area contributed by atoms with E-state index < -0.39 is 54.2 Å². The van der Waals surface area contributed by atoms with Crippen LogP contribution < -0.4 is 9.47 Å². The summed E-state index contributed by atoms with van der Waals surface area (Å²) in [6, 6.07) is 10.8. The number of carboxylic acids is 1. The van der Waals surface area contributed by atoms with Crippen LogP contribution in [0.4, 0.5) is 13.2 Å². The van der Waals surface area contributed by atoms with Crippen LogP contribution in [0.1, 0.15) is 53.5 Å². The highest BCUT2D eigenvalue weighted by molar-refractivity contribution is 5.95. The summed E-state index contributed by atoms with van der Waals surface area (Å²) in [5, 5.41) is 19.7. The third kappa shape index (κ3) is 9.79. The lowest BCUT2D eigenvalue weighted by Crippen LogP contribution is -2.38. The molecule has 0 aliphatic carbocycles. The highest BCUT2D eigenvalue weighted by atomic mass is 19.4. The molecule has 2 N–H and O–H groups in total. The van der Waals surface area contributed by atoms with Crippen molar-refractivity contribution in [2.24, 2.45) is 5.92 Å². The van der Waals surface area contributed by atoms with Crippen LogP contribution in [0.25, 0.3) is 6.08 Å². The maximum absolute atomic E-state index is 13.6. The lowest BCUT2D eigenvalue weighted by atomic mass is 9.98. The van der Waals surface area contributed by atoms with Gasteiger partial charge in [-0.05, 0) is 57.0 Å². The van der Waals surface area contributed by atoms with Gasteiger partial charge < -0.3 is 38.6 Å². The van der Waals surface area contributed by atoms with Gasteiger partial charge in [0.05, 0.1) is 30.8 Å². The monoisotopic (exact) mass is 638 g/mol. The lowest BCUT2D eigenvalue weighted by Gasteiger charge is -2.25. The van der Waals surface area contributed by atoms with Crippen molar-refractivity contribution in [3.05, 3.63) is 77.4 Å². The number of alkyl halides is 3. The molecule has 0 amide bonds. The van der Waals surface area contributed by atoms with Gasteiger partial charge in [-0.2, -0.15) is 13.2 Å². The molecule has 3 rings (SSSR count). The van der Waals surface area contributed by atoms with Gasteiger partial charge >= 0.3 is 18.1 Å². The van der Waals surface area contributed by atoms with E-state index in [9.17, 15) is 33.0 Å². The Bertz CT molecular complexity index is 1350. The topological polar surface area (TPSA) is 130 Å². The second-order valence-corrected chi connectivity index (χ2v) is 10.7. The van der Waals surface area contributed by atoms with Crippen LogP contribution in [0.2, 0.25) is 0 Å². The van der Waals surface area contributed by atoms with E-state index in [1.54, 1.807) is 38.1 Å². The van der Waals surface area contributed by atoms with Crippen molar-refractivity contribution in [1.82, 2.24) is 0 Å². The Morgan fingerprint density at radius 3 is 2.36 bits per heavy atom. The maximum Gasteiger partial charge on any atom is 0.397 e. The Hall–Kier alpha value is -3.91. The third-order valence-corrected chi connectivity index (χ3v) is 6.76. The van der Waals surface area contributed by atoms with E-state index in [2.05, 4.69) is 0 Å². The van der Waals surface area contributed by atoms with Gasteiger partial charge in [0.1, 0.15) is 29.3 Å². The molecule has 0 spiro atoms. The quantitative estimate of drug-likeness (QED) is 0.152. The SMILES string of the molecule is COCOc1cc(OC)cc(C=CC[C@@H]2OC(C)(C)OC2C(C=CC(C(C)O)C(F)(F)F)OC(=O)c2ccccc2)c1C(=O)O. The summed E-state index contributed by atoms with van der Waals surface area (Å²) in [6.07, 6.45) is -4.87. The second-order valence-electron chi connectivity index (χ2n) is 10.7. The number of benzene rings is 2. The normalized spacial score (nSPS) is 20.2. The minimum absolute atomic E-state index is 0.0122. The fourth-order valence-corrected chi connectivity index (χ4v) is 4.73. The molecule has 0 radical (unpaired) electrons. The molecule has 246 valence electrons. The first kappa shape index (κ1) is 35.6. The van der Waals surface area contributed by atoms with Crippen molar-refractivity contribution in [3.63, 3.8) is 0 Å². The number of carboxylic acid groups (broad SMARTS) is 1. The van der Waals surface area contributed by atoms with Gasteiger partial charge in [-0.3, -0.25) is 0 Å². The number of aliphatic hydroxyl groups is 1. The third-order valence-electron chi connectivity index (χ3n) is 6.76. The summed E-state index contributed by atoms with van der Waals surface area (Å²) in [7, 11) is 2.79. The average Bonchev–Trinajstić information content (AvgIpc) is 3.28. The van der Waals surface area contributed by atoms with Gasteiger partial charge in [-0.15, -0.1) is 0 Å². The zero-order chi connectivity index (χ0) is 33.4. The molecule has 45 heavy (non-hydrogen) atoms. The number of hydrogen-bond donors (Lipinski definition) is 2. The second kappa shape index (κ2) is 15.4. The molecule has 0 bridgehead atoms. The minimum Gasteiger partial charge on any atom is -0.497 e. The highest BCUT2D eigenvalue weighted by Gasteiger charge is 2.46. The number of rotatable bonds is 14. The molecule has 2 aromatic carbocycles. The highest BCUT2D eigenvalue weighted by Crippen LogP contribution is 2.36. The van der Waals surface area contributed by atoms with E-state index >= 15 is 0 Å². The molecule has 13 heteroatoms. The van der Waals surface area contributed by atoms with E-state index in [1.165, 1.54) is 44.6 Å². The van der Waals surface area contributed by atoms with E-state index in [0.29, 0.717) is 5.75 Å². The molecule has 10 nitrogen and oxygen atoms in total. The zero-order valence-electron chi connectivity index (χ0n) is 25.4. The van der Waals surface area contributed by atoms with Crippen LogP contribution in [0.15, 0.2) is 60.7 Å². The molecule has 0 saturated carbocycles. The van der Waals surface area contributed by atoms with Crippen LogP contribution in [0, 0.1) is 5.92 Å². The Morgan fingerprint density at radius 2 is 1.78 bits per heavy atom. The summed E-state index contributed by atoms with van der Waals surface area (Å²) in [5.74, 6) is -5.19. The number of aliphatic hydroxyl groups excluding tert-OH is 1. The van der Waals surface area contributed by atoms with Crippen molar-refractivity contribution in [2.45, 2.75) is 63.6 Å². The Labute approximate surface area is 258 Å². The van der Waals surface area contributed by atoms with Gasteiger partial charge in [0.25, 0.3) is 0 Å². The summed E-state index contributed by atoms with van der Waals surface area (Å²) >= 11 is 0. The molecule has 1 saturated heterocycles. The number of hydrogen-bond acceptors (Lipinski definition) is 9. The number of carbonyl (C=O) groups excluding carboxylic acids is 1. The van der Waals surface area contributed by atoms with Gasteiger partial charge in [0, 0.05) is 13.2 Å². The summed E-state index contributed by atoms with van der Waals surface area (Å²) in [4.78, 5) is 25.1. The van der Waals surface area contributed by atoms with Gasteiger partial charge in [0.2, 0.25) is 0 Å². The first-order valence-electron chi connectivity index (χ1n) is 13.9. The molecule has 1 fully saturated rings. The van der Waals surface area contributed by atoms with E-state index in [1.807, 2.05) is 0 Å². The van der Waals surface area contributed by atoms with Crippen molar-refractivity contribution < 1.29 is 61.4 Å². The zero-order valence-corrected chi connectivity index (χ0v) is 25.4. The number of halogens is 3. The first-order chi connectivity index (χ1) is 21.2. The van der Waals surface area contributed by atoms with E-state index in [0.717, 1.165) is 19.1 Å². The number of ether oxygens (including phenoxy) is 6. The van der Waals surface area contributed by atoms with Crippen molar-refractivity contribution in [2.75, 3.05) is 21.0 Å². The molecule has 1 heterocycles. The minimum atomic E-state index is -4.77. The number of methoxy groups -OCH3 is 2. The number of aromatic carboxylic acids is 1. The van der Waals surface area contributed by atoms with Gasteiger partial charge in [-0.25, -0.2) is 9.59 Å². The van der Waals surface area contributed by atoms with E-state index in [-0.39, 0.29) is 35.7 Å². The number of esters is 1.